The molecule has 0 aliphatic heterocycles. The SMILES string of the molecule is CC(C#N)S(=O)(=O)Nc1ccc(N)c(Cl)c1. The molecular formula is C9H10ClN3O2S. The molecule has 0 aliphatic carbocycles. The van der Waals surface area contributed by atoms with Crippen LogP contribution in [-0.4, -0.2) is 13.7 Å². The van der Waals surface area contributed by atoms with Crippen LogP contribution in [0.25, 0.3) is 0 Å². The first-order valence-corrected chi connectivity index (χ1v) is 6.25. The molecule has 0 bridgehead atoms. The minimum Gasteiger partial charge on any atom is -0.398 e. The summed E-state index contributed by atoms with van der Waals surface area (Å²) >= 11 is 5.73. The molecule has 7 heteroatoms. The number of hydrogen-bond donors (Lipinski definition) is 2. The molecule has 16 heavy (non-hydrogen) atoms. The lowest BCUT2D eigenvalue weighted by atomic mass is 10.3. The van der Waals surface area contributed by atoms with Crippen molar-refractivity contribution in [1.29, 1.82) is 5.26 Å². The first kappa shape index (κ1) is 12.6. The lowest BCUT2D eigenvalue weighted by Crippen LogP contribution is -2.23. The second-order valence-electron chi connectivity index (χ2n) is 3.15. The fourth-order valence-electron chi connectivity index (χ4n) is 0.913. The summed E-state index contributed by atoms with van der Waals surface area (Å²) in [6, 6.07) is 5.99. The van der Waals surface area contributed by atoms with Gasteiger partial charge in [0, 0.05) is 0 Å². The van der Waals surface area contributed by atoms with Gasteiger partial charge < -0.3 is 5.73 Å². The summed E-state index contributed by atoms with van der Waals surface area (Å²) in [5.41, 5.74) is 6.12. The molecule has 1 atom stereocenters. The zero-order chi connectivity index (χ0) is 12.3. The Morgan fingerprint density at radius 2 is 2.19 bits per heavy atom. The molecule has 0 amide bonds. The van der Waals surface area contributed by atoms with Crippen LogP contribution in [-0.2, 0) is 10.0 Å². The lowest BCUT2D eigenvalue weighted by molar-refractivity contribution is 0.597. The Bertz CT molecular complexity index is 536. The van der Waals surface area contributed by atoms with Gasteiger partial charge in [0.2, 0.25) is 10.0 Å². The van der Waals surface area contributed by atoms with Crippen LogP contribution < -0.4 is 10.5 Å². The molecule has 0 spiro atoms. The van der Waals surface area contributed by atoms with E-state index in [2.05, 4.69) is 4.72 Å². The number of nitrogen functional groups attached to an aromatic ring is 1. The van der Waals surface area contributed by atoms with Crippen LogP contribution in [0, 0.1) is 11.3 Å². The summed E-state index contributed by atoms with van der Waals surface area (Å²) in [6.07, 6.45) is 0. The number of nitriles is 1. The van der Waals surface area contributed by atoms with Gasteiger partial charge in [-0.25, -0.2) is 8.42 Å². The molecule has 86 valence electrons. The molecule has 0 fully saturated rings. The average molecular weight is 260 g/mol. The molecule has 5 nitrogen and oxygen atoms in total. The molecule has 0 heterocycles. The summed E-state index contributed by atoms with van der Waals surface area (Å²) < 4.78 is 25.3. The maximum absolute atomic E-state index is 11.5. The smallest absolute Gasteiger partial charge is 0.248 e. The first-order valence-electron chi connectivity index (χ1n) is 4.33. The number of sulfonamides is 1. The number of halogens is 1. The number of nitrogens with one attached hydrogen (secondary N) is 1. The molecule has 1 aromatic rings. The quantitative estimate of drug-likeness (QED) is 0.806. The number of rotatable bonds is 3. The van der Waals surface area contributed by atoms with Crippen LogP contribution >= 0.6 is 11.6 Å². The first-order chi connectivity index (χ1) is 7.36. The molecule has 0 aromatic heterocycles. The largest absolute Gasteiger partial charge is 0.398 e. The predicted octanol–water partition coefficient (Wildman–Crippen LogP) is 1.58. The normalized spacial score (nSPS) is 12.8. The van der Waals surface area contributed by atoms with E-state index in [0.29, 0.717) is 5.69 Å². The summed E-state index contributed by atoms with van der Waals surface area (Å²) in [4.78, 5) is 0. The monoisotopic (exact) mass is 259 g/mol. The summed E-state index contributed by atoms with van der Waals surface area (Å²) in [7, 11) is -3.70. The van der Waals surface area contributed by atoms with Crippen molar-refractivity contribution in [3.63, 3.8) is 0 Å². The Morgan fingerprint density at radius 3 is 2.69 bits per heavy atom. The minimum atomic E-state index is -3.70. The molecule has 0 saturated heterocycles. The van der Waals surface area contributed by atoms with Crippen molar-refractivity contribution < 1.29 is 8.42 Å². The van der Waals surface area contributed by atoms with Crippen LogP contribution in [0.3, 0.4) is 0 Å². The van der Waals surface area contributed by atoms with Gasteiger partial charge in [-0.05, 0) is 25.1 Å². The van der Waals surface area contributed by atoms with Gasteiger partial charge in [0.1, 0.15) is 0 Å². The van der Waals surface area contributed by atoms with E-state index in [1.807, 2.05) is 0 Å². The third kappa shape index (κ3) is 2.78. The van der Waals surface area contributed by atoms with E-state index >= 15 is 0 Å². The standard InChI is InChI=1S/C9H10ClN3O2S/c1-6(5-11)16(14,15)13-7-2-3-9(12)8(10)4-7/h2-4,6,13H,12H2,1H3. The van der Waals surface area contributed by atoms with Crippen LogP contribution in [0.4, 0.5) is 11.4 Å². The van der Waals surface area contributed by atoms with Crippen molar-refractivity contribution in [3.05, 3.63) is 23.2 Å². The van der Waals surface area contributed by atoms with E-state index < -0.39 is 15.3 Å². The molecule has 1 unspecified atom stereocenters. The molecule has 0 aliphatic rings. The van der Waals surface area contributed by atoms with Crippen molar-refractivity contribution in [1.82, 2.24) is 0 Å². The summed E-state index contributed by atoms with van der Waals surface area (Å²) in [5.74, 6) is 0. The third-order valence-electron chi connectivity index (χ3n) is 1.91. The van der Waals surface area contributed by atoms with Crippen LogP contribution in [0.5, 0.6) is 0 Å². The molecule has 0 saturated carbocycles. The van der Waals surface area contributed by atoms with Crippen molar-refractivity contribution in [3.8, 4) is 6.07 Å². The lowest BCUT2D eigenvalue weighted by Gasteiger charge is -2.09. The highest BCUT2D eigenvalue weighted by Crippen LogP contribution is 2.23. The maximum atomic E-state index is 11.5. The number of nitrogens with two attached hydrogens (primary N) is 1. The Kier molecular flexibility index (Phi) is 3.62. The topological polar surface area (TPSA) is 96.0 Å². The van der Waals surface area contributed by atoms with E-state index in [1.165, 1.54) is 25.1 Å². The molecule has 0 radical (unpaired) electrons. The molecular weight excluding hydrogens is 250 g/mol. The van der Waals surface area contributed by atoms with Crippen LogP contribution in [0.2, 0.25) is 5.02 Å². The number of anilines is 2. The predicted molar refractivity (Wildman–Crippen MR) is 63.5 cm³/mol. The minimum absolute atomic E-state index is 0.254. The highest BCUT2D eigenvalue weighted by molar-refractivity contribution is 7.93. The van der Waals surface area contributed by atoms with Gasteiger partial charge in [0.05, 0.1) is 22.5 Å². The highest BCUT2D eigenvalue weighted by atomic mass is 35.5. The Balaban J connectivity index is 2.98. The molecule has 3 N–H and O–H groups in total. The fraction of sp³-hybridized carbons (Fsp3) is 0.222. The second-order valence-corrected chi connectivity index (χ2v) is 5.56. The number of benzene rings is 1. The Labute approximate surface area is 98.9 Å². The van der Waals surface area contributed by atoms with Gasteiger partial charge in [-0.15, -0.1) is 0 Å². The van der Waals surface area contributed by atoms with Gasteiger partial charge in [-0.2, -0.15) is 5.26 Å². The third-order valence-corrected chi connectivity index (χ3v) is 3.79. The van der Waals surface area contributed by atoms with Crippen molar-refractivity contribution in [2.75, 3.05) is 10.5 Å². The van der Waals surface area contributed by atoms with Gasteiger partial charge >= 0.3 is 0 Å². The van der Waals surface area contributed by atoms with Crippen molar-refractivity contribution in [2.45, 2.75) is 12.2 Å². The highest BCUT2D eigenvalue weighted by Gasteiger charge is 2.19. The Morgan fingerprint density at radius 1 is 1.56 bits per heavy atom. The maximum Gasteiger partial charge on any atom is 0.248 e. The molecule has 1 aromatic carbocycles. The van der Waals surface area contributed by atoms with Crippen molar-refractivity contribution >= 4 is 33.0 Å². The van der Waals surface area contributed by atoms with E-state index in [0.717, 1.165) is 0 Å². The Hall–Kier alpha value is -1.45. The second kappa shape index (κ2) is 4.60. The van der Waals surface area contributed by atoms with E-state index in [1.54, 1.807) is 6.07 Å². The van der Waals surface area contributed by atoms with E-state index in [-0.39, 0.29) is 10.7 Å². The van der Waals surface area contributed by atoms with Crippen LogP contribution in [0.1, 0.15) is 6.92 Å². The number of nitrogens with zero attached hydrogens (tertiary/aromatic N) is 1. The van der Waals surface area contributed by atoms with Gasteiger partial charge in [-0.1, -0.05) is 11.6 Å². The number of hydrogen-bond acceptors (Lipinski definition) is 4. The fourth-order valence-corrected chi connectivity index (χ4v) is 1.86. The van der Waals surface area contributed by atoms with Crippen LogP contribution in [0.15, 0.2) is 18.2 Å². The van der Waals surface area contributed by atoms with E-state index in [9.17, 15) is 8.42 Å². The van der Waals surface area contributed by atoms with Gasteiger partial charge in [0.25, 0.3) is 0 Å². The summed E-state index contributed by atoms with van der Waals surface area (Å²) in [5, 5.41) is 7.65. The van der Waals surface area contributed by atoms with Gasteiger partial charge in [-0.3, -0.25) is 4.72 Å². The van der Waals surface area contributed by atoms with Crippen molar-refractivity contribution in [2.24, 2.45) is 0 Å². The molecule has 1 rings (SSSR count). The van der Waals surface area contributed by atoms with E-state index in [4.69, 9.17) is 22.6 Å². The zero-order valence-electron chi connectivity index (χ0n) is 8.44. The van der Waals surface area contributed by atoms with Gasteiger partial charge in [0.15, 0.2) is 5.25 Å². The summed E-state index contributed by atoms with van der Waals surface area (Å²) in [6.45, 7) is 1.29. The average Bonchev–Trinajstić information content (AvgIpc) is 2.22. The zero-order valence-corrected chi connectivity index (χ0v) is 10.0.